The third-order valence-electron chi connectivity index (χ3n) is 3.34. The molecule has 1 aliphatic rings. The molecule has 3 nitrogen and oxygen atoms in total. The number of benzene rings is 1. The molecule has 0 aliphatic carbocycles. The summed E-state index contributed by atoms with van der Waals surface area (Å²) in [6.45, 7) is 4.90. The van der Waals surface area contributed by atoms with Crippen molar-refractivity contribution in [2.75, 3.05) is 6.54 Å². The van der Waals surface area contributed by atoms with Gasteiger partial charge in [-0.15, -0.1) is 0 Å². The van der Waals surface area contributed by atoms with E-state index in [4.69, 9.17) is 4.74 Å². The molecule has 0 fully saturated rings. The van der Waals surface area contributed by atoms with Crippen LogP contribution in [-0.4, -0.2) is 22.5 Å². The van der Waals surface area contributed by atoms with Gasteiger partial charge in [-0.3, -0.25) is 9.88 Å². The van der Waals surface area contributed by atoms with Crippen molar-refractivity contribution >= 4 is 0 Å². The molecule has 1 atom stereocenters. The second kappa shape index (κ2) is 5.41. The molecule has 98 valence electrons. The van der Waals surface area contributed by atoms with E-state index >= 15 is 0 Å². The Labute approximate surface area is 113 Å². The lowest BCUT2D eigenvalue weighted by Gasteiger charge is -2.21. The lowest BCUT2D eigenvalue weighted by Crippen LogP contribution is -2.30. The van der Waals surface area contributed by atoms with Gasteiger partial charge in [-0.2, -0.15) is 0 Å². The molecule has 0 amide bonds. The normalized spacial score (nSPS) is 19.3. The van der Waals surface area contributed by atoms with Gasteiger partial charge in [0.25, 0.3) is 0 Å². The van der Waals surface area contributed by atoms with Crippen molar-refractivity contribution in [3.05, 3.63) is 59.9 Å². The minimum atomic E-state index is 0.209. The van der Waals surface area contributed by atoms with Crippen LogP contribution in [0.1, 0.15) is 18.1 Å². The maximum absolute atomic E-state index is 5.97. The van der Waals surface area contributed by atoms with Crippen LogP contribution in [0.2, 0.25) is 0 Å². The molecule has 2 heterocycles. The standard InChI is InChI=1S/C16H18N2O/c1-13-10-18(11-14-5-4-8-17-9-14)12-15-6-2-3-7-16(15)19-13/h2-9,13H,10-12H2,1H3. The number of hydrogen-bond acceptors (Lipinski definition) is 3. The molecule has 1 aliphatic heterocycles. The number of pyridine rings is 1. The Kier molecular flexibility index (Phi) is 3.47. The molecule has 0 saturated heterocycles. The molecule has 3 rings (SSSR count). The first-order valence-corrected chi connectivity index (χ1v) is 6.67. The SMILES string of the molecule is CC1CN(Cc2cccnc2)Cc2ccccc2O1. The fraction of sp³-hybridized carbons (Fsp3) is 0.312. The molecule has 1 aromatic carbocycles. The van der Waals surface area contributed by atoms with Gasteiger partial charge < -0.3 is 4.74 Å². The second-order valence-corrected chi connectivity index (χ2v) is 5.07. The average Bonchev–Trinajstić information content (AvgIpc) is 2.57. The molecule has 0 spiro atoms. The van der Waals surface area contributed by atoms with Crippen LogP contribution in [0.4, 0.5) is 0 Å². The number of rotatable bonds is 2. The third-order valence-corrected chi connectivity index (χ3v) is 3.34. The first kappa shape index (κ1) is 12.2. The highest BCUT2D eigenvalue weighted by atomic mass is 16.5. The van der Waals surface area contributed by atoms with Crippen LogP contribution in [0.5, 0.6) is 5.75 Å². The summed E-state index contributed by atoms with van der Waals surface area (Å²) in [4.78, 5) is 6.59. The van der Waals surface area contributed by atoms with Crippen LogP contribution in [0.25, 0.3) is 0 Å². The summed E-state index contributed by atoms with van der Waals surface area (Å²) in [5.74, 6) is 1.02. The van der Waals surface area contributed by atoms with E-state index in [1.165, 1.54) is 11.1 Å². The van der Waals surface area contributed by atoms with E-state index in [0.29, 0.717) is 0 Å². The smallest absolute Gasteiger partial charge is 0.124 e. The predicted molar refractivity (Wildman–Crippen MR) is 74.9 cm³/mol. The van der Waals surface area contributed by atoms with Crippen molar-refractivity contribution in [3.63, 3.8) is 0 Å². The van der Waals surface area contributed by atoms with Crippen molar-refractivity contribution in [1.82, 2.24) is 9.88 Å². The van der Waals surface area contributed by atoms with Gasteiger partial charge in [0.2, 0.25) is 0 Å². The monoisotopic (exact) mass is 254 g/mol. The quantitative estimate of drug-likeness (QED) is 0.824. The van der Waals surface area contributed by atoms with Crippen LogP contribution in [-0.2, 0) is 13.1 Å². The molecular formula is C16H18N2O. The zero-order valence-corrected chi connectivity index (χ0v) is 11.1. The van der Waals surface area contributed by atoms with E-state index in [0.717, 1.165) is 25.4 Å². The minimum Gasteiger partial charge on any atom is -0.489 e. The summed E-state index contributed by atoms with van der Waals surface area (Å²) in [6, 6.07) is 12.4. The Morgan fingerprint density at radius 2 is 2.16 bits per heavy atom. The van der Waals surface area contributed by atoms with Crippen LogP contribution in [0.3, 0.4) is 0 Å². The first-order chi connectivity index (χ1) is 9.31. The summed E-state index contributed by atoms with van der Waals surface area (Å²) in [5.41, 5.74) is 2.50. The molecular weight excluding hydrogens is 236 g/mol. The third kappa shape index (κ3) is 2.93. The summed E-state index contributed by atoms with van der Waals surface area (Å²) >= 11 is 0. The lowest BCUT2D eigenvalue weighted by atomic mass is 10.2. The maximum Gasteiger partial charge on any atom is 0.124 e. The van der Waals surface area contributed by atoms with Gasteiger partial charge in [0.1, 0.15) is 11.9 Å². The van der Waals surface area contributed by atoms with E-state index in [-0.39, 0.29) is 6.10 Å². The topological polar surface area (TPSA) is 25.4 Å². The molecule has 19 heavy (non-hydrogen) atoms. The van der Waals surface area contributed by atoms with E-state index in [1.807, 2.05) is 24.5 Å². The zero-order valence-electron chi connectivity index (χ0n) is 11.1. The molecule has 0 bridgehead atoms. The first-order valence-electron chi connectivity index (χ1n) is 6.67. The van der Waals surface area contributed by atoms with Crippen molar-refractivity contribution in [2.45, 2.75) is 26.1 Å². The van der Waals surface area contributed by atoms with Crippen molar-refractivity contribution in [1.29, 1.82) is 0 Å². The summed E-state index contributed by atoms with van der Waals surface area (Å²) in [5, 5.41) is 0. The molecule has 0 radical (unpaired) electrons. The van der Waals surface area contributed by atoms with Crippen LogP contribution in [0, 0.1) is 0 Å². The fourth-order valence-electron chi connectivity index (χ4n) is 2.54. The minimum absolute atomic E-state index is 0.209. The number of para-hydroxylation sites is 1. The molecule has 0 saturated carbocycles. The highest BCUT2D eigenvalue weighted by Gasteiger charge is 2.19. The van der Waals surface area contributed by atoms with Crippen LogP contribution in [0.15, 0.2) is 48.8 Å². The van der Waals surface area contributed by atoms with Gasteiger partial charge in [0, 0.05) is 37.6 Å². The number of ether oxygens (including phenoxy) is 1. The predicted octanol–water partition coefficient (Wildman–Crippen LogP) is 2.86. The number of aromatic nitrogens is 1. The van der Waals surface area contributed by atoms with Crippen molar-refractivity contribution in [2.24, 2.45) is 0 Å². The lowest BCUT2D eigenvalue weighted by molar-refractivity contribution is 0.156. The van der Waals surface area contributed by atoms with E-state index in [2.05, 4.69) is 41.1 Å². The van der Waals surface area contributed by atoms with E-state index in [1.54, 1.807) is 0 Å². The molecule has 0 N–H and O–H groups in total. The van der Waals surface area contributed by atoms with Gasteiger partial charge in [0.15, 0.2) is 0 Å². The van der Waals surface area contributed by atoms with Crippen LogP contribution < -0.4 is 4.74 Å². The Morgan fingerprint density at radius 3 is 3.00 bits per heavy atom. The molecule has 1 aromatic heterocycles. The van der Waals surface area contributed by atoms with Crippen LogP contribution >= 0.6 is 0 Å². The fourth-order valence-corrected chi connectivity index (χ4v) is 2.54. The molecule has 3 heteroatoms. The maximum atomic E-state index is 5.97. The Balaban J connectivity index is 1.80. The molecule has 1 unspecified atom stereocenters. The van der Waals surface area contributed by atoms with E-state index < -0.39 is 0 Å². The largest absolute Gasteiger partial charge is 0.489 e. The zero-order chi connectivity index (χ0) is 13.1. The Bertz CT molecular complexity index is 541. The van der Waals surface area contributed by atoms with Crippen molar-refractivity contribution < 1.29 is 4.74 Å². The number of nitrogens with zero attached hydrogens (tertiary/aromatic N) is 2. The van der Waals surface area contributed by atoms with E-state index in [9.17, 15) is 0 Å². The Hall–Kier alpha value is -1.87. The summed E-state index contributed by atoms with van der Waals surface area (Å²) < 4.78 is 5.97. The highest BCUT2D eigenvalue weighted by molar-refractivity contribution is 5.34. The summed E-state index contributed by atoms with van der Waals surface area (Å²) in [6.07, 6.45) is 3.95. The van der Waals surface area contributed by atoms with Gasteiger partial charge in [0.05, 0.1) is 0 Å². The second-order valence-electron chi connectivity index (χ2n) is 5.07. The van der Waals surface area contributed by atoms with Crippen molar-refractivity contribution in [3.8, 4) is 5.75 Å². The highest BCUT2D eigenvalue weighted by Crippen LogP contribution is 2.25. The van der Waals surface area contributed by atoms with Gasteiger partial charge in [-0.05, 0) is 24.6 Å². The van der Waals surface area contributed by atoms with Gasteiger partial charge in [-0.1, -0.05) is 24.3 Å². The number of fused-ring (bicyclic) bond motifs is 1. The average molecular weight is 254 g/mol. The Morgan fingerprint density at radius 1 is 1.26 bits per heavy atom. The van der Waals surface area contributed by atoms with Gasteiger partial charge in [-0.25, -0.2) is 0 Å². The summed E-state index contributed by atoms with van der Waals surface area (Å²) in [7, 11) is 0. The van der Waals surface area contributed by atoms with Gasteiger partial charge >= 0.3 is 0 Å². The number of hydrogen-bond donors (Lipinski definition) is 0. The molecule has 2 aromatic rings.